The van der Waals surface area contributed by atoms with Gasteiger partial charge in [-0.05, 0) is 55.3 Å². The SMILES string of the molecule is Cc1ccc(C)c(S(=O)(=O)Oc2ccccc2C(=O)OC/C(O)=C(\C#N)c2nc3ccccc3[nH]2)c1.O=C(O)C(=O)O. The molecule has 0 saturated heterocycles. The smallest absolute Gasteiger partial charge is 0.414 e. The Balaban J connectivity index is 0.000000730. The first-order chi connectivity index (χ1) is 19.8. The fourth-order valence-electron chi connectivity index (χ4n) is 3.46. The molecule has 14 heteroatoms. The van der Waals surface area contributed by atoms with Crippen LogP contribution in [-0.2, 0) is 24.4 Å². The largest absolute Gasteiger partial charge is 0.507 e. The van der Waals surface area contributed by atoms with Crippen molar-refractivity contribution in [2.75, 3.05) is 6.61 Å². The summed E-state index contributed by atoms with van der Waals surface area (Å²) in [5.74, 6) is -5.23. The first-order valence-corrected chi connectivity index (χ1v) is 13.3. The van der Waals surface area contributed by atoms with Gasteiger partial charge in [0.1, 0.15) is 28.7 Å². The highest BCUT2D eigenvalue weighted by atomic mass is 32.2. The molecule has 0 atom stereocenters. The number of aliphatic hydroxyl groups is 1. The number of fused-ring (bicyclic) bond motifs is 1. The molecular formula is C28H23N3O10S. The summed E-state index contributed by atoms with van der Waals surface area (Å²) >= 11 is 0. The number of aryl methyl sites for hydroxylation is 2. The number of imidazole rings is 1. The van der Waals surface area contributed by atoms with Gasteiger partial charge < -0.3 is 29.2 Å². The minimum Gasteiger partial charge on any atom is -0.507 e. The van der Waals surface area contributed by atoms with Gasteiger partial charge in [-0.1, -0.05) is 36.4 Å². The maximum absolute atomic E-state index is 12.9. The van der Waals surface area contributed by atoms with Gasteiger partial charge >= 0.3 is 28.0 Å². The van der Waals surface area contributed by atoms with Crippen LogP contribution in [0.1, 0.15) is 27.3 Å². The van der Waals surface area contributed by atoms with E-state index in [1.54, 1.807) is 50.2 Å². The van der Waals surface area contributed by atoms with E-state index in [1.807, 2.05) is 6.07 Å². The van der Waals surface area contributed by atoms with Crippen LogP contribution in [0.15, 0.2) is 77.4 Å². The zero-order chi connectivity index (χ0) is 31.0. The van der Waals surface area contributed by atoms with Gasteiger partial charge in [0.25, 0.3) is 0 Å². The highest BCUT2D eigenvalue weighted by Crippen LogP contribution is 2.26. The molecule has 0 aliphatic carbocycles. The lowest BCUT2D eigenvalue weighted by Crippen LogP contribution is -2.15. The number of aliphatic carboxylic acids is 2. The second-order valence-corrected chi connectivity index (χ2v) is 10.0. The molecule has 0 unspecified atom stereocenters. The molecule has 216 valence electrons. The number of esters is 1. The molecular weight excluding hydrogens is 570 g/mol. The Morgan fingerprint density at radius 3 is 2.24 bits per heavy atom. The Hall–Kier alpha value is -5.68. The maximum Gasteiger partial charge on any atom is 0.414 e. The third-order valence-corrected chi connectivity index (χ3v) is 6.85. The van der Waals surface area contributed by atoms with Crippen molar-refractivity contribution in [3.8, 4) is 11.8 Å². The van der Waals surface area contributed by atoms with Crippen molar-refractivity contribution in [2.24, 2.45) is 0 Å². The minimum absolute atomic E-state index is 0.0178. The lowest BCUT2D eigenvalue weighted by Gasteiger charge is -2.13. The number of aliphatic hydroxyl groups excluding tert-OH is 1. The van der Waals surface area contributed by atoms with Crippen LogP contribution in [0.25, 0.3) is 16.6 Å². The zero-order valence-corrected chi connectivity index (χ0v) is 22.9. The number of hydrogen-bond donors (Lipinski definition) is 4. The predicted molar refractivity (Wildman–Crippen MR) is 147 cm³/mol. The summed E-state index contributed by atoms with van der Waals surface area (Å²) in [5, 5.41) is 34.7. The number of nitrogens with one attached hydrogen (secondary N) is 1. The fraction of sp³-hybridized carbons (Fsp3) is 0.107. The van der Waals surface area contributed by atoms with Crippen LogP contribution < -0.4 is 4.18 Å². The number of nitriles is 1. The quantitative estimate of drug-likeness (QED) is 0.0792. The van der Waals surface area contributed by atoms with E-state index in [0.717, 1.165) is 5.56 Å². The first kappa shape index (κ1) is 30.9. The van der Waals surface area contributed by atoms with Gasteiger partial charge in [-0.2, -0.15) is 13.7 Å². The number of para-hydroxylation sites is 3. The third kappa shape index (κ3) is 7.49. The molecule has 0 saturated carbocycles. The summed E-state index contributed by atoms with van der Waals surface area (Å²) in [7, 11) is -4.24. The number of aromatic amines is 1. The van der Waals surface area contributed by atoms with Crippen molar-refractivity contribution in [2.45, 2.75) is 18.7 Å². The van der Waals surface area contributed by atoms with Crippen LogP contribution in [0.2, 0.25) is 0 Å². The van der Waals surface area contributed by atoms with Crippen LogP contribution in [0, 0.1) is 25.2 Å². The molecule has 1 heterocycles. The topological polar surface area (TPSA) is 217 Å². The van der Waals surface area contributed by atoms with E-state index in [-0.39, 0.29) is 27.6 Å². The zero-order valence-electron chi connectivity index (χ0n) is 22.1. The number of carboxylic acid groups (broad SMARTS) is 2. The van der Waals surface area contributed by atoms with E-state index >= 15 is 0 Å². The van der Waals surface area contributed by atoms with E-state index in [9.17, 15) is 23.6 Å². The molecule has 0 bridgehead atoms. The molecule has 0 radical (unpaired) electrons. The van der Waals surface area contributed by atoms with Gasteiger partial charge in [0, 0.05) is 0 Å². The molecule has 0 fully saturated rings. The number of carboxylic acids is 2. The molecule has 13 nitrogen and oxygen atoms in total. The number of nitrogens with zero attached hydrogens (tertiary/aromatic N) is 2. The monoisotopic (exact) mass is 593 g/mol. The second kappa shape index (κ2) is 13.1. The Labute approximate surface area is 239 Å². The summed E-state index contributed by atoms with van der Waals surface area (Å²) < 4.78 is 36.3. The van der Waals surface area contributed by atoms with Crippen molar-refractivity contribution >= 4 is 44.6 Å². The summed E-state index contributed by atoms with van der Waals surface area (Å²) in [6.07, 6.45) is 0. The number of carbonyl (C=O) groups is 3. The van der Waals surface area contributed by atoms with Gasteiger partial charge in [0.2, 0.25) is 0 Å². The molecule has 42 heavy (non-hydrogen) atoms. The van der Waals surface area contributed by atoms with Gasteiger partial charge in [-0.15, -0.1) is 0 Å². The van der Waals surface area contributed by atoms with Crippen molar-refractivity contribution in [3.05, 3.63) is 95.0 Å². The third-order valence-electron chi connectivity index (χ3n) is 5.47. The fourth-order valence-corrected chi connectivity index (χ4v) is 4.72. The molecule has 4 rings (SSSR count). The number of carbonyl (C=O) groups excluding carboxylic acids is 1. The summed E-state index contributed by atoms with van der Waals surface area (Å²) in [6, 6.07) is 19.5. The first-order valence-electron chi connectivity index (χ1n) is 11.9. The molecule has 1 aromatic heterocycles. The number of H-pyrrole nitrogens is 1. The predicted octanol–water partition coefficient (Wildman–Crippen LogP) is 3.75. The number of hydrogen-bond acceptors (Lipinski definition) is 10. The normalized spacial score (nSPS) is 11.4. The summed E-state index contributed by atoms with van der Waals surface area (Å²) in [4.78, 5) is 38.1. The van der Waals surface area contributed by atoms with Crippen LogP contribution in [0.4, 0.5) is 0 Å². The van der Waals surface area contributed by atoms with Crippen molar-refractivity contribution in [1.29, 1.82) is 5.26 Å². The lowest BCUT2D eigenvalue weighted by molar-refractivity contribution is -0.159. The van der Waals surface area contributed by atoms with Crippen LogP contribution >= 0.6 is 0 Å². The van der Waals surface area contributed by atoms with Crippen LogP contribution in [-0.4, -0.2) is 58.2 Å². The van der Waals surface area contributed by atoms with Gasteiger partial charge in [0.15, 0.2) is 17.3 Å². The van der Waals surface area contributed by atoms with Crippen LogP contribution in [0.5, 0.6) is 5.75 Å². The van der Waals surface area contributed by atoms with E-state index in [0.29, 0.717) is 16.6 Å². The Kier molecular flexibility index (Phi) is 9.64. The van der Waals surface area contributed by atoms with Gasteiger partial charge in [-0.3, -0.25) is 0 Å². The number of rotatable bonds is 7. The molecule has 0 amide bonds. The number of benzene rings is 3. The van der Waals surface area contributed by atoms with Crippen LogP contribution in [0.3, 0.4) is 0 Å². The number of ether oxygens (including phenoxy) is 1. The molecule has 0 aliphatic rings. The molecule has 0 spiro atoms. The van der Waals surface area contributed by atoms with E-state index in [4.69, 9.17) is 28.7 Å². The van der Waals surface area contributed by atoms with E-state index in [2.05, 4.69) is 9.97 Å². The average Bonchev–Trinajstić information content (AvgIpc) is 3.37. The maximum atomic E-state index is 12.9. The van der Waals surface area contributed by atoms with Crippen molar-refractivity contribution < 1.29 is 47.0 Å². The van der Waals surface area contributed by atoms with Gasteiger partial charge in [0.05, 0.1) is 11.0 Å². The number of allylic oxidation sites excluding steroid dienone is 1. The van der Waals surface area contributed by atoms with Crippen molar-refractivity contribution in [3.63, 3.8) is 0 Å². The Bertz CT molecular complexity index is 1810. The standard InChI is InChI=1S/C26H21N3O6S.C2H2O4/c1-16-11-12-17(2)24(13-16)36(32,33)35-23-10-6-3-7-18(23)26(31)34-15-22(30)19(14-27)25-28-20-8-4-5-9-21(20)29-25;3-1(4)2(5)6/h3-13,30H,15H2,1-2H3,(H,28,29);(H,3,4)(H,5,6)/b22-19-;. The second-order valence-electron chi connectivity index (χ2n) is 8.53. The Morgan fingerprint density at radius 1 is 0.952 bits per heavy atom. The molecule has 3 aromatic carbocycles. The minimum atomic E-state index is -4.24. The highest BCUT2D eigenvalue weighted by Gasteiger charge is 2.24. The van der Waals surface area contributed by atoms with E-state index < -0.39 is 40.4 Å². The van der Waals surface area contributed by atoms with E-state index in [1.165, 1.54) is 30.3 Å². The summed E-state index contributed by atoms with van der Waals surface area (Å²) in [5.41, 5.74) is 2.13. The molecule has 4 N–H and O–H groups in total. The molecule has 4 aromatic rings. The van der Waals surface area contributed by atoms with Gasteiger partial charge in [-0.25, -0.2) is 19.4 Å². The number of aromatic nitrogens is 2. The average molecular weight is 594 g/mol. The Morgan fingerprint density at radius 2 is 1.60 bits per heavy atom. The lowest BCUT2D eigenvalue weighted by atomic mass is 10.2. The molecule has 0 aliphatic heterocycles. The summed E-state index contributed by atoms with van der Waals surface area (Å²) in [6.45, 7) is 2.75. The van der Waals surface area contributed by atoms with Crippen molar-refractivity contribution in [1.82, 2.24) is 9.97 Å². The highest BCUT2D eigenvalue weighted by molar-refractivity contribution is 7.87.